The van der Waals surface area contributed by atoms with Gasteiger partial charge in [-0.2, -0.15) is 0 Å². The highest BCUT2D eigenvalue weighted by molar-refractivity contribution is 6.11. The topological polar surface area (TPSA) is 76.2 Å². The van der Waals surface area contributed by atoms with Gasteiger partial charge in [0.05, 0.1) is 12.5 Å². The largest absolute Gasteiger partial charge is 0.496 e. The van der Waals surface area contributed by atoms with Gasteiger partial charge in [-0.3, -0.25) is 19.3 Å². The highest BCUT2D eigenvalue weighted by Crippen LogP contribution is 2.44. The van der Waals surface area contributed by atoms with Crippen LogP contribution in [-0.2, 0) is 24.5 Å². The van der Waals surface area contributed by atoms with Gasteiger partial charge in [0, 0.05) is 51.3 Å². The number of hydrogen-bond donors (Lipinski definition) is 0. The molecule has 170 valence electrons. The Hall–Kier alpha value is -2.41. The first-order valence-electron chi connectivity index (χ1n) is 11.2. The number of benzene rings is 1. The Bertz CT molecular complexity index is 811. The van der Waals surface area contributed by atoms with Gasteiger partial charge in [0.1, 0.15) is 5.75 Å². The van der Waals surface area contributed by atoms with E-state index in [0.717, 1.165) is 25.7 Å². The van der Waals surface area contributed by atoms with Gasteiger partial charge in [-0.15, -0.1) is 0 Å². The van der Waals surface area contributed by atoms with E-state index in [1.807, 2.05) is 23.1 Å². The summed E-state index contributed by atoms with van der Waals surface area (Å²) in [5.41, 5.74) is -0.618. The number of hydrogen-bond acceptors (Lipinski definition) is 5. The van der Waals surface area contributed by atoms with Crippen LogP contribution in [0.3, 0.4) is 0 Å². The number of likely N-dealkylation sites (tertiary alicyclic amines) is 2. The van der Waals surface area contributed by atoms with Gasteiger partial charge in [0.15, 0.2) is 0 Å². The molecule has 2 aliphatic rings. The molecule has 2 aliphatic heterocycles. The van der Waals surface area contributed by atoms with Crippen LogP contribution in [0.1, 0.15) is 57.4 Å². The zero-order chi connectivity index (χ0) is 22.4. The molecule has 3 amide bonds. The summed E-state index contributed by atoms with van der Waals surface area (Å²) in [7, 11) is 3.14. The second-order valence-electron chi connectivity index (χ2n) is 8.48. The first-order chi connectivity index (χ1) is 15.0. The summed E-state index contributed by atoms with van der Waals surface area (Å²) in [4.78, 5) is 43.4. The molecule has 1 aromatic carbocycles. The number of carbonyl (C=O) groups excluding carboxylic acids is 3. The molecule has 0 aromatic heterocycles. The lowest BCUT2D eigenvalue weighted by atomic mass is 9.75. The fourth-order valence-electron chi connectivity index (χ4n) is 4.99. The lowest BCUT2D eigenvalue weighted by Crippen LogP contribution is -2.48. The van der Waals surface area contributed by atoms with Gasteiger partial charge in [-0.1, -0.05) is 25.1 Å². The third-order valence-electron chi connectivity index (χ3n) is 6.63. The molecular weight excluding hydrogens is 396 g/mol. The van der Waals surface area contributed by atoms with Crippen molar-refractivity contribution in [1.82, 2.24) is 9.80 Å². The maximum absolute atomic E-state index is 13.7. The number of carbonyl (C=O) groups is 3. The number of rotatable bonds is 9. The van der Waals surface area contributed by atoms with Crippen molar-refractivity contribution in [1.29, 1.82) is 0 Å². The maximum Gasteiger partial charge on any atom is 0.241 e. The van der Waals surface area contributed by atoms with Crippen molar-refractivity contribution in [3.05, 3.63) is 29.8 Å². The third-order valence-corrected chi connectivity index (χ3v) is 6.63. The summed E-state index contributed by atoms with van der Waals surface area (Å²) in [6, 6.07) is 7.44. The standard InChI is InChI=1S/C24H34N2O5/c1-4-18-10-7-8-13-25(18)21(27)16-24(19-11-5-6-12-20(19)31-3)17-22(28)26(23(24)29)14-9-15-30-2/h5-6,11-12,18H,4,7-10,13-17H2,1-3H3. The van der Waals surface area contributed by atoms with Gasteiger partial charge >= 0.3 is 0 Å². The van der Waals surface area contributed by atoms with Crippen molar-refractivity contribution < 1.29 is 23.9 Å². The fourth-order valence-corrected chi connectivity index (χ4v) is 4.99. The number of para-hydroxylation sites is 1. The number of amides is 3. The van der Waals surface area contributed by atoms with E-state index in [1.165, 1.54) is 4.90 Å². The summed E-state index contributed by atoms with van der Waals surface area (Å²) < 4.78 is 10.6. The first kappa shape index (κ1) is 23.3. The van der Waals surface area contributed by atoms with Crippen molar-refractivity contribution in [3.63, 3.8) is 0 Å². The molecule has 0 N–H and O–H groups in total. The molecule has 1 aromatic rings. The molecule has 2 heterocycles. The molecular formula is C24H34N2O5. The monoisotopic (exact) mass is 430 g/mol. The minimum Gasteiger partial charge on any atom is -0.496 e. The Kier molecular flexibility index (Phi) is 7.70. The van der Waals surface area contributed by atoms with E-state index in [1.54, 1.807) is 20.3 Å². The van der Waals surface area contributed by atoms with Crippen molar-refractivity contribution in [2.24, 2.45) is 0 Å². The summed E-state index contributed by atoms with van der Waals surface area (Å²) in [5.74, 6) is -0.0831. The molecule has 3 rings (SSSR count). The molecule has 0 spiro atoms. The lowest BCUT2D eigenvalue weighted by molar-refractivity contribution is -0.144. The van der Waals surface area contributed by atoms with E-state index in [9.17, 15) is 14.4 Å². The van der Waals surface area contributed by atoms with Crippen LogP contribution in [0.15, 0.2) is 24.3 Å². The molecule has 0 bridgehead atoms. The average molecular weight is 431 g/mol. The van der Waals surface area contributed by atoms with Gasteiger partial charge in [-0.25, -0.2) is 0 Å². The highest BCUT2D eigenvalue weighted by atomic mass is 16.5. The molecule has 0 radical (unpaired) electrons. The van der Waals surface area contributed by atoms with Gasteiger partial charge in [-0.05, 0) is 38.2 Å². The normalized spacial score (nSPS) is 24.0. The number of imide groups is 1. The molecule has 2 saturated heterocycles. The molecule has 2 atom stereocenters. The van der Waals surface area contributed by atoms with E-state index in [4.69, 9.17) is 9.47 Å². The Morgan fingerprint density at radius 1 is 1.19 bits per heavy atom. The van der Waals surface area contributed by atoms with Crippen LogP contribution in [0, 0.1) is 0 Å². The van der Waals surface area contributed by atoms with Crippen molar-refractivity contribution in [2.75, 3.05) is 33.9 Å². The quantitative estimate of drug-likeness (QED) is 0.445. The fraction of sp³-hybridized carbons (Fsp3) is 0.625. The molecule has 0 saturated carbocycles. The Morgan fingerprint density at radius 2 is 1.97 bits per heavy atom. The second kappa shape index (κ2) is 10.3. The summed E-state index contributed by atoms with van der Waals surface area (Å²) in [6.07, 6.45) is 4.49. The predicted octanol–water partition coefficient (Wildman–Crippen LogP) is 2.91. The van der Waals surface area contributed by atoms with Crippen LogP contribution in [0.2, 0.25) is 0 Å². The van der Waals surface area contributed by atoms with Crippen LogP contribution in [0.5, 0.6) is 5.75 Å². The molecule has 31 heavy (non-hydrogen) atoms. The summed E-state index contributed by atoms with van der Waals surface area (Å²) in [5, 5.41) is 0. The molecule has 7 heteroatoms. The van der Waals surface area contributed by atoms with E-state index in [-0.39, 0.29) is 43.1 Å². The SMILES string of the molecule is CCC1CCCCN1C(=O)CC1(c2ccccc2OC)CC(=O)N(CCCOC)C1=O. The minimum absolute atomic E-state index is 0.0183. The van der Waals surface area contributed by atoms with Crippen molar-refractivity contribution in [3.8, 4) is 5.75 Å². The van der Waals surface area contributed by atoms with Crippen LogP contribution in [0.25, 0.3) is 0 Å². The first-order valence-corrected chi connectivity index (χ1v) is 11.2. The maximum atomic E-state index is 13.7. The van der Waals surface area contributed by atoms with Crippen molar-refractivity contribution in [2.45, 2.75) is 63.3 Å². The second-order valence-corrected chi connectivity index (χ2v) is 8.48. The van der Waals surface area contributed by atoms with E-state index in [2.05, 4.69) is 6.92 Å². The molecule has 7 nitrogen and oxygen atoms in total. The zero-order valence-electron chi connectivity index (χ0n) is 18.9. The van der Waals surface area contributed by atoms with Gasteiger partial charge in [0.2, 0.25) is 17.7 Å². The van der Waals surface area contributed by atoms with Crippen LogP contribution in [0.4, 0.5) is 0 Å². The smallest absolute Gasteiger partial charge is 0.241 e. The molecule has 0 aliphatic carbocycles. The number of nitrogens with zero attached hydrogens (tertiary/aromatic N) is 2. The van der Waals surface area contributed by atoms with E-state index in [0.29, 0.717) is 30.9 Å². The Labute approximate surface area is 184 Å². The summed E-state index contributed by atoms with van der Waals surface area (Å²) >= 11 is 0. The molecule has 2 unspecified atom stereocenters. The predicted molar refractivity (Wildman–Crippen MR) is 117 cm³/mol. The van der Waals surface area contributed by atoms with Crippen LogP contribution < -0.4 is 4.74 Å². The Morgan fingerprint density at radius 3 is 2.68 bits per heavy atom. The lowest BCUT2D eigenvalue weighted by Gasteiger charge is -2.38. The van der Waals surface area contributed by atoms with Crippen LogP contribution in [-0.4, -0.2) is 67.5 Å². The van der Waals surface area contributed by atoms with Gasteiger partial charge < -0.3 is 14.4 Å². The van der Waals surface area contributed by atoms with Crippen molar-refractivity contribution >= 4 is 17.7 Å². The third kappa shape index (κ3) is 4.61. The minimum atomic E-state index is -1.23. The van der Waals surface area contributed by atoms with Gasteiger partial charge in [0.25, 0.3) is 0 Å². The highest BCUT2D eigenvalue weighted by Gasteiger charge is 2.55. The number of ether oxygens (including phenoxy) is 2. The zero-order valence-corrected chi connectivity index (χ0v) is 18.9. The number of piperidine rings is 1. The van der Waals surface area contributed by atoms with E-state index >= 15 is 0 Å². The number of methoxy groups -OCH3 is 2. The molecule has 2 fully saturated rings. The Balaban J connectivity index is 1.97. The average Bonchev–Trinajstić information content (AvgIpc) is 3.03. The van der Waals surface area contributed by atoms with Crippen LogP contribution >= 0.6 is 0 Å². The van der Waals surface area contributed by atoms with E-state index < -0.39 is 5.41 Å². The summed E-state index contributed by atoms with van der Waals surface area (Å²) in [6.45, 7) is 3.55.